The highest BCUT2D eigenvalue weighted by atomic mass is 19.2. The molecule has 0 spiro atoms. The van der Waals surface area contributed by atoms with E-state index in [1.165, 1.54) is 12.1 Å². The maximum absolute atomic E-state index is 13.1. The fourth-order valence-electron chi connectivity index (χ4n) is 2.06. The van der Waals surface area contributed by atoms with E-state index in [1.807, 2.05) is 0 Å². The van der Waals surface area contributed by atoms with Crippen LogP contribution >= 0.6 is 0 Å². The third-order valence-corrected chi connectivity index (χ3v) is 3.04. The third-order valence-electron chi connectivity index (χ3n) is 3.04. The van der Waals surface area contributed by atoms with Crippen molar-refractivity contribution < 1.29 is 8.78 Å². The van der Waals surface area contributed by atoms with Gasteiger partial charge in [0.15, 0.2) is 11.6 Å². The molecule has 2 nitrogen and oxygen atoms in total. The molecule has 0 aliphatic carbocycles. The molecule has 4 heteroatoms. The van der Waals surface area contributed by atoms with Crippen molar-refractivity contribution in [3.63, 3.8) is 0 Å². The number of nitrogens with zero attached hydrogens (tertiary/aromatic N) is 1. The highest BCUT2D eigenvalue weighted by Crippen LogP contribution is 2.21. The van der Waals surface area contributed by atoms with Crippen molar-refractivity contribution in [2.45, 2.75) is 19.4 Å². The van der Waals surface area contributed by atoms with Gasteiger partial charge in [0.1, 0.15) is 0 Å². The van der Waals surface area contributed by atoms with Gasteiger partial charge < -0.3 is 10.2 Å². The quantitative estimate of drug-likeness (QED) is 0.789. The predicted molar refractivity (Wildman–Crippen MR) is 60.7 cm³/mol. The summed E-state index contributed by atoms with van der Waals surface area (Å²) in [7, 11) is 0. The summed E-state index contributed by atoms with van der Waals surface area (Å²) in [5.41, 5.74) is 0.759. The lowest BCUT2D eigenvalue weighted by atomic mass is 10.2. The van der Waals surface area contributed by atoms with Gasteiger partial charge in [0, 0.05) is 30.9 Å². The Bertz CT molecular complexity index is 368. The first-order valence-electron chi connectivity index (χ1n) is 5.61. The second-order valence-electron chi connectivity index (χ2n) is 4.18. The monoisotopic (exact) mass is 226 g/mol. The van der Waals surface area contributed by atoms with E-state index in [1.54, 1.807) is 6.07 Å². The second kappa shape index (κ2) is 4.78. The molecule has 1 aromatic rings. The Kier molecular flexibility index (Phi) is 3.39. The van der Waals surface area contributed by atoms with Crippen LogP contribution in [0.25, 0.3) is 0 Å². The van der Waals surface area contributed by atoms with Gasteiger partial charge in [0.25, 0.3) is 0 Å². The van der Waals surface area contributed by atoms with Gasteiger partial charge >= 0.3 is 0 Å². The lowest BCUT2D eigenvalue weighted by molar-refractivity contribution is 0.507. The van der Waals surface area contributed by atoms with Crippen LogP contribution in [0.5, 0.6) is 0 Å². The van der Waals surface area contributed by atoms with Crippen LogP contribution in [0.4, 0.5) is 14.5 Å². The summed E-state index contributed by atoms with van der Waals surface area (Å²) >= 11 is 0. The third kappa shape index (κ3) is 2.32. The number of nitrogens with one attached hydrogen (secondary N) is 1. The first-order chi connectivity index (χ1) is 7.68. The van der Waals surface area contributed by atoms with E-state index < -0.39 is 11.6 Å². The zero-order chi connectivity index (χ0) is 11.5. The Balaban J connectivity index is 2.23. The molecule has 1 saturated heterocycles. The van der Waals surface area contributed by atoms with Crippen LogP contribution in [0.3, 0.4) is 0 Å². The van der Waals surface area contributed by atoms with E-state index in [9.17, 15) is 8.78 Å². The summed E-state index contributed by atoms with van der Waals surface area (Å²) in [6, 6.07) is 4.45. The van der Waals surface area contributed by atoms with Crippen LogP contribution in [0.15, 0.2) is 18.2 Å². The molecule has 1 N–H and O–H groups in total. The normalized spacial score (nSPS) is 21.9. The molecule has 0 bridgehead atoms. The van der Waals surface area contributed by atoms with Gasteiger partial charge in [0.2, 0.25) is 0 Å². The maximum atomic E-state index is 13.1. The van der Waals surface area contributed by atoms with Crippen molar-refractivity contribution in [3.8, 4) is 0 Å². The molecule has 0 aromatic heterocycles. The number of benzene rings is 1. The SMILES string of the molecule is CC1CCNCCN1c1ccc(F)c(F)c1. The molecule has 0 amide bonds. The average Bonchev–Trinajstić information content (AvgIpc) is 2.47. The second-order valence-corrected chi connectivity index (χ2v) is 4.18. The number of hydrogen-bond donors (Lipinski definition) is 1. The highest BCUT2D eigenvalue weighted by molar-refractivity contribution is 5.47. The van der Waals surface area contributed by atoms with Gasteiger partial charge in [-0.1, -0.05) is 0 Å². The number of anilines is 1. The van der Waals surface area contributed by atoms with E-state index >= 15 is 0 Å². The van der Waals surface area contributed by atoms with Crippen molar-refractivity contribution in [1.82, 2.24) is 5.32 Å². The van der Waals surface area contributed by atoms with Crippen molar-refractivity contribution in [2.24, 2.45) is 0 Å². The molecular formula is C12H16F2N2. The minimum absolute atomic E-state index is 0.347. The number of halogens is 2. The van der Waals surface area contributed by atoms with E-state index in [0.29, 0.717) is 6.04 Å². The Morgan fingerprint density at radius 3 is 2.81 bits per heavy atom. The smallest absolute Gasteiger partial charge is 0.160 e. The highest BCUT2D eigenvalue weighted by Gasteiger charge is 2.17. The van der Waals surface area contributed by atoms with E-state index in [0.717, 1.165) is 31.7 Å². The Morgan fingerprint density at radius 2 is 2.06 bits per heavy atom. The van der Waals surface area contributed by atoms with Gasteiger partial charge in [-0.15, -0.1) is 0 Å². The predicted octanol–water partition coefficient (Wildman–Crippen LogP) is 2.15. The molecule has 1 fully saturated rings. The molecule has 1 aromatic carbocycles. The van der Waals surface area contributed by atoms with Gasteiger partial charge in [0.05, 0.1) is 0 Å². The molecule has 1 heterocycles. The summed E-state index contributed by atoms with van der Waals surface area (Å²) in [5.74, 6) is -1.56. The molecule has 0 radical (unpaired) electrons. The maximum Gasteiger partial charge on any atom is 0.160 e. The van der Waals surface area contributed by atoms with E-state index in [-0.39, 0.29) is 0 Å². The molecule has 1 aliphatic rings. The molecule has 16 heavy (non-hydrogen) atoms. The van der Waals surface area contributed by atoms with E-state index in [4.69, 9.17) is 0 Å². The standard InChI is InChI=1S/C12H16F2N2/c1-9-4-5-15-6-7-16(9)10-2-3-11(13)12(14)8-10/h2-3,8-9,15H,4-7H2,1H3. The Morgan fingerprint density at radius 1 is 1.25 bits per heavy atom. The van der Waals surface area contributed by atoms with Crippen LogP contribution < -0.4 is 10.2 Å². The Labute approximate surface area is 94.3 Å². The van der Waals surface area contributed by atoms with Crippen LogP contribution in [0.1, 0.15) is 13.3 Å². The van der Waals surface area contributed by atoms with Gasteiger partial charge in [-0.2, -0.15) is 0 Å². The molecule has 2 rings (SSSR count). The van der Waals surface area contributed by atoms with Crippen molar-refractivity contribution in [3.05, 3.63) is 29.8 Å². The molecular weight excluding hydrogens is 210 g/mol. The molecule has 1 atom stereocenters. The number of rotatable bonds is 1. The molecule has 88 valence electrons. The first kappa shape index (κ1) is 11.3. The summed E-state index contributed by atoms with van der Waals surface area (Å²) in [5, 5.41) is 3.29. The molecule has 1 unspecified atom stereocenters. The van der Waals surface area contributed by atoms with Crippen LogP contribution in [-0.4, -0.2) is 25.7 Å². The van der Waals surface area contributed by atoms with Crippen LogP contribution in [0, 0.1) is 11.6 Å². The van der Waals surface area contributed by atoms with Crippen LogP contribution in [0.2, 0.25) is 0 Å². The lowest BCUT2D eigenvalue weighted by Gasteiger charge is -2.29. The van der Waals surface area contributed by atoms with Gasteiger partial charge in [-0.25, -0.2) is 8.78 Å². The minimum atomic E-state index is -0.788. The number of hydrogen-bond acceptors (Lipinski definition) is 2. The summed E-state index contributed by atoms with van der Waals surface area (Å²) in [6.07, 6.45) is 1.01. The van der Waals surface area contributed by atoms with Gasteiger partial charge in [-0.3, -0.25) is 0 Å². The zero-order valence-corrected chi connectivity index (χ0v) is 9.34. The van der Waals surface area contributed by atoms with E-state index in [2.05, 4.69) is 17.1 Å². The fourth-order valence-corrected chi connectivity index (χ4v) is 2.06. The first-order valence-corrected chi connectivity index (χ1v) is 5.61. The van der Waals surface area contributed by atoms with Crippen molar-refractivity contribution in [2.75, 3.05) is 24.5 Å². The van der Waals surface area contributed by atoms with Gasteiger partial charge in [-0.05, 0) is 32.0 Å². The molecule has 0 saturated carbocycles. The van der Waals surface area contributed by atoms with Crippen molar-refractivity contribution >= 4 is 5.69 Å². The minimum Gasteiger partial charge on any atom is -0.367 e. The van der Waals surface area contributed by atoms with Crippen molar-refractivity contribution in [1.29, 1.82) is 0 Å². The fraction of sp³-hybridized carbons (Fsp3) is 0.500. The zero-order valence-electron chi connectivity index (χ0n) is 9.34. The Hall–Kier alpha value is -1.16. The summed E-state index contributed by atoms with van der Waals surface area (Å²) < 4.78 is 26.0. The average molecular weight is 226 g/mol. The lowest BCUT2D eigenvalue weighted by Crippen LogP contribution is -2.34. The van der Waals surface area contributed by atoms with Crippen LogP contribution in [-0.2, 0) is 0 Å². The molecule has 1 aliphatic heterocycles. The largest absolute Gasteiger partial charge is 0.367 e. The summed E-state index contributed by atoms with van der Waals surface area (Å²) in [6.45, 7) is 4.78. The topological polar surface area (TPSA) is 15.3 Å². The summed E-state index contributed by atoms with van der Waals surface area (Å²) in [4.78, 5) is 2.11.